The Hall–Kier alpha value is -3.68. The summed E-state index contributed by atoms with van der Waals surface area (Å²) in [4.78, 5) is 10.9. The highest BCUT2D eigenvalue weighted by atomic mass is 19.1. The lowest BCUT2D eigenvalue weighted by Gasteiger charge is -2.27. The fourth-order valence-corrected chi connectivity index (χ4v) is 3.52. The number of benzene rings is 3. The molecule has 0 aliphatic carbocycles. The highest BCUT2D eigenvalue weighted by Gasteiger charge is 2.25. The molecule has 31 heavy (non-hydrogen) atoms. The zero-order valence-electron chi connectivity index (χ0n) is 16.6. The quantitative estimate of drug-likeness (QED) is 0.350. The van der Waals surface area contributed by atoms with Crippen molar-refractivity contribution in [3.05, 3.63) is 87.5 Å². The molecule has 0 spiro atoms. The Bertz CT molecular complexity index is 1130. The van der Waals surface area contributed by atoms with E-state index >= 15 is 0 Å². The zero-order chi connectivity index (χ0) is 22.0. The maximum Gasteiger partial charge on any atom is 0.315 e. The van der Waals surface area contributed by atoms with Crippen molar-refractivity contribution in [2.45, 2.75) is 25.9 Å². The van der Waals surface area contributed by atoms with Crippen LogP contribution in [0, 0.1) is 21.7 Å². The summed E-state index contributed by atoms with van der Waals surface area (Å²) in [5, 5.41) is 11.4. The largest absolute Gasteiger partial charge is 0.494 e. The second-order valence-corrected chi connectivity index (χ2v) is 7.00. The van der Waals surface area contributed by atoms with Crippen LogP contribution in [0.1, 0.15) is 30.6 Å². The first-order valence-electron chi connectivity index (χ1n) is 9.78. The first-order valence-corrected chi connectivity index (χ1v) is 9.78. The minimum Gasteiger partial charge on any atom is -0.494 e. The van der Waals surface area contributed by atoms with Gasteiger partial charge in [0, 0.05) is 5.56 Å². The molecule has 1 unspecified atom stereocenters. The third-order valence-electron chi connectivity index (χ3n) is 4.95. The number of nitro benzene ring substituents is 1. The topological polar surface area (TPSA) is 70.8 Å². The van der Waals surface area contributed by atoms with Gasteiger partial charge in [-0.2, -0.15) is 0 Å². The van der Waals surface area contributed by atoms with Gasteiger partial charge in [-0.3, -0.25) is 10.1 Å². The van der Waals surface area contributed by atoms with Crippen LogP contribution in [0.5, 0.6) is 23.0 Å². The Kier molecular flexibility index (Phi) is 5.70. The molecule has 6 nitrogen and oxygen atoms in total. The molecule has 0 saturated carbocycles. The average molecular weight is 427 g/mol. The molecule has 1 atom stereocenters. The Morgan fingerprint density at radius 2 is 1.90 bits per heavy atom. The smallest absolute Gasteiger partial charge is 0.315 e. The van der Waals surface area contributed by atoms with E-state index in [1.807, 2.05) is 0 Å². The van der Waals surface area contributed by atoms with Crippen molar-refractivity contribution in [2.24, 2.45) is 0 Å². The summed E-state index contributed by atoms with van der Waals surface area (Å²) in [6.45, 7) is 2.18. The van der Waals surface area contributed by atoms with E-state index in [0.29, 0.717) is 36.7 Å². The van der Waals surface area contributed by atoms with Crippen LogP contribution in [0.15, 0.2) is 54.6 Å². The summed E-state index contributed by atoms with van der Waals surface area (Å²) < 4.78 is 44.5. The fourth-order valence-electron chi connectivity index (χ4n) is 3.52. The van der Waals surface area contributed by atoms with Gasteiger partial charge in [0.2, 0.25) is 5.75 Å². The monoisotopic (exact) mass is 427 g/mol. The molecule has 0 saturated heterocycles. The normalized spacial score (nSPS) is 15.0. The van der Waals surface area contributed by atoms with Crippen molar-refractivity contribution in [3.63, 3.8) is 0 Å². The first-order chi connectivity index (χ1) is 14.9. The molecule has 1 aliphatic heterocycles. The number of rotatable bonds is 6. The number of halogens is 2. The highest BCUT2D eigenvalue weighted by molar-refractivity contribution is 5.53. The van der Waals surface area contributed by atoms with Gasteiger partial charge in [-0.1, -0.05) is 0 Å². The van der Waals surface area contributed by atoms with E-state index < -0.39 is 22.7 Å². The minimum absolute atomic E-state index is 0.0878. The van der Waals surface area contributed by atoms with E-state index in [9.17, 15) is 18.9 Å². The van der Waals surface area contributed by atoms with Crippen molar-refractivity contribution >= 4 is 5.69 Å². The number of ether oxygens (including phenoxy) is 3. The lowest BCUT2D eigenvalue weighted by Crippen LogP contribution is -2.16. The van der Waals surface area contributed by atoms with Crippen LogP contribution in [-0.4, -0.2) is 11.5 Å². The number of nitro groups is 1. The van der Waals surface area contributed by atoms with Crippen molar-refractivity contribution in [3.8, 4) is 23.0 Å². The molecule has 0 aromatic heterocycles. The second kappa shape index (κ2) is 8.59. The van der Waals surface area contributed by atoms with Crippen molar-refractivity contribution in [2.75, 3.05) is 6.61 Å². The fraction of sp³-hybridized carbons (Fsp3) is 0.217. The summed E-state index contributed by atoms with van der Waals surface area (Å²) >= 11 is 0. The van der Waals surface area contributed by atoms with Crippen molar-refractivity contribution in [1.29, 1.82) is 0 Å². The van der Waals surface area contributed by atoms with E-state index in [0.717, 1.165) is 23.8 Å². The molecule has 1 heterocycles. The van der Waals surface area contributed by atoms with Crippen molar-refractivity contribution < 1.29 is 27.9 Å². The van der Waals surface area contributed by atoms with Crippen LogP contribution in [-0.2, 0) is 6.42 Å². The van der Waals surface area contributed by atoms with Gasteiger partial charge in [-0.15, -0.1) is 0 Å². The summed E-state index contributed by atoms with van der Waals surface area (Å²) in [6, 6.07) is 12.7. The molecule has 0 amide bonds. The number of nitrogens with zero attached hydrogens (tertiary/aromatic N) is 1. The molecular formula is C23H19F2NO5. The lowest BCUT2D eigenvalue weighted by atomic mass is 9.97. The zero-order valence-corrected chi connectivity index (χ0v) is 16.6. The third kappa shape index (κ3) is 4.42. The molecule has 8 heteroatoms. The van der Waals surface area contributed by atoms with E-state index in [-0.39, 0.29) is 17.0 Å². The molecular weight excluding hydrogens is 408 g/mol. The lowest BCUT2D eigenvalue weighted by molar-refractivity contribution is -0.385. The number of hydrogen-bond acceptors (Lipinski definition) is 5. The highest BCUT2D eigenvalue weighted by Crippen LogP contribution is 2.40. The number of fused-ring (bicyclic) bond motifs is 1. The van der Waals surface area contributed by atoms with Gasteiger partial charge in [0.25, 0.3) is 0 Å². The minimum atomic E-state index is -0.595. The summed E-state index contributed by atoms with van der Waals surface area (Å²) in [7, 11) is 0. The van der Waals surface area contributed by atoms with Gasteiger partial charge in [-0.05, 0) is 73.9 Å². The van der Waals surface area contributed by atoms with Gasteiger partial charge in [0.05, 0.1) is 17.6 Å². The molecule has 3 aromatic rings. The predicted molar refractivity (Wildman–Crippen MR) is 109 cm³/mol. The molecule has 0 bridgehead atoms. The number of aryl methyl sites for hydroxylation is 1. The third-order valence-corrected chi connectivity index (χ3v) is 4.95. The standard InChI is InChI=1S/C23H19F2NO5/c1-2-29-16-5-10-23(20(13-16)26(27)28)30-17-6-9-21-14(11-17)3-8-22(31-21)18-12-15(24)4-7-19(18)25/h4-7,9-13,22H,2-3,8H2,1H3. The molecule has 4 rings (SSSR count). The Morgan fingerprint density at radius 1 is 1.10 bits per heavy atom. The van der Waals surface area contributed by atoms with Gasteiger partial charge in [0.1, 0.15) is 35.0 Å². The predicted octanol–water partition coefficient (Wildman–Crippen LogP) is 6.13. The summed E-state index contributed by atoms with van der Waals surface area (Å²) in [6.07, 6.45) is 0.417. The molecule has 1 aliphatic rings. The van der Waals surface area contributed by atoms with E-state index in [4.69, 9.17) is 14.2 Å². The van der Waals surface area contributed by atoms with Crippen molar-refractivity contribution in [1.82, 2.24) is 0 Å². The van der Waals surface area contributed by atoms with Gasteiger partial charge < -0.3 is 14.2 Å². The Morgan fingerprint density at radius 3 is 2.68 bits per heavy atom. The molecule has 160 valence electrons. The Balaban J connectivity index is 1.55. The van der Waals surface area contributed by atoms with Crippen LogP contribution in [0.2, 0.25) is 0 Å². The van der Waals surface area contributed by atoms with Gasteiger partial charge in [-0.25, -0.2) is 8.78 Å². The summed E-state index contributed by atoms with van der Waals surface area (Å²) in [5.74, 6) is 0.378. The SMILES string of the molecule is CCOc1ccc(Oc2ccc3c(c2)CCC(c2cc(F)ccc2F)O3)c([N+](=O)[O-])c1. The second-order valence-electron chi connectivity index (χ2n) is 7.00. The average Bonchev–Trinajstić information content (AvgIpc) is 2.76. The van der Waals surface area contributed by atoms with Crippen LogP contribution in [0.25, 0.3) is 0 Å². The number of hydrogen-bond donors (Lipinski definition) is 0. The molecule has 3 aromatic carbocycles. The van der Waals surface area contributed by atoms with E-state index in [1.54, 1.807) is 31.2 Å². The van der Waals surface area contributed by atoms with E-state index in [1.165, 1.54) is 12.1 Å². The first kappa shape index (κ1) is 20.6. The maximum absolute atomic E-state index is 14.1. The van der Waals surface area contributed by atoms with Crippen LogP contribution in [0.3, 0.4) is 0 Å². The Labute approximate surface area is 177 Å². The van der Waals surface area contributed by atoms with Crippen LogP contribution in [0.4, 0.5) is 14.5 Å². The van der Waals surface area contributed by atoms with Crippen LogP contribution < -0.4 is 14.2 Å². The summed E-state index contributed by atoms with van der Waals surface area (Å²) in [5.41, 5.74) is 0.789. The van der Waals surface area contributed by atoms with Gasteiger partial charge >= 0.3 is 5.69 Å². The molecule has 0 fully saturated rings. The maximum atomic E-state index is 14.1. The molecule has 0 N–H and O–H groups in total. The van der Waals surface area contributed by atoms with E-state index in [2.05, 4.69) is 0 Å². The molecule has 0 radical (unpaired) electrons. The van der Waals surface area contributed by atoms with Crippen LogP contribution >= 0.6 is 0 Å². The van der Waals surface area contributed by atoms with Gasteiger partial charge in [0.15, 0.2) is 0 Å².